The number of hydrogen-bond donors (Lipinski definition) is 1. The summed E-state index contributed by atoms with van der Waals surface area (Å²) in [6.45, 7) is 4.75. The van der Waals surface area contributed by atoms with Gasteiger partial charge < -0.3 is 10.3 Å². The molecule has 3 rings (SSSR count). The van der Waals surface area contributed by atoms with E-state index in [1.165, 1.54) is 12.8 Å². The van der Waals surface area contributed by atoms with Gasteiger partial charge in [-0.3, -0.25) is 4.90 Å². The number of aromatic nitrogens is 2. The molecule has 2 atom stereocenters. The molecule has 1 aliphatic rings. The molecule has 108 valence electrons. The predicted octanol–water partition coefficient (Wildman–Crippen LogP) is 2.36. The summed E-state index contributed by atoms with van der Waals surface area (Å²) < 4.78 is 5.38. The zero-order chi connectivity index (χ0) is 13.9. The van der Waals surface area contributed by atoms with Crippen molar-refractivity contribution in [3.05, 3.63) is 23.4 Å². The molecule has 0 spiro atoms. The predicted molar refractivity (Wildman–Crippen MR) is 79.3 cm³/mol. The summed E-state index contributed by atoms with van der Waals surface area (Å²) in [4.78, 5) is 7.94. The highest BCUT2D eigenvalue weighted by Crippen LogP contribution is 2.25. The molecular weight excluding hydrogens is 272 g/mol. The monoisotopic (exact) mass is 292 g/mol. The first-order valence-corrected chi connectivity index (χ1v) is 7.95. The molecule has 0 amide bonds. The summed E-state index contributed by atoms with van der Waals surface area (Å²) in [6, 6.07) is 4.55. The van der Waals surface area contributed by atoms with Crippen LogP contribution >= 0.6 is 11.3 Å². The van der Waals surface area contributed by atoms with E-state index in [0.717, 1.165) is 24.5 Å². The quantitative estimate of drug-likeness (QED) is 0.937. The normalized spacial score (nSPS) is 24.1. The third kappa shape index (κ3) is 2.92. The first-order valence-electron chi connectivity index (χ1n) is 7.07. The zero-order valence-electron chi connectivity index (χ0n) is 11.7. The Labute approximate surface area is 122 Å². The van der Waals surface area contributed by atoms with Gasteiger partial charge in [-0.1, -0.05) is 11.2 Å². The van der Waals surface area contributed by atoms with Crippen LogP contribution in [0.4, 0.5) is 0 Å². The number of hydrogen-bond acceptors (Lipinski definition) is 6. The van der Waals surface area contributed by atoms with Gasteiger partial charge in [0.25, 0.3) is 0 Å². The highest BCUT2D eigenvalue weighted by molar-refractivity contribution is 7.13. The van der Waals surface area contributed by atoms with Crippen LogP contribution in [0.3, 0.4) is 0 Å². The van der Waals surface area contributed by atoms with Crippen LogP contribution in [-0.2, 0) is 6.54 Å². The third-order valence-electron chi connectivity index (χ3n) is 3.99. The van der Waals surface area contributed by atoms with Crippen LogP contribution in [0.1, 0.15) is 25.7 Å². The zero-order valence-corrected chi connectivity index (χ0v) is 12.5. The average Bonchev–Trinajstić information content (AvgIpc) is 3.12. The topological polar surface area (TPSA) is 68.2 Å². The standard InChI is InChI=1S/C14H20N4OS/c1-10-4-5-11(7-15)8-18(10)9-13-16-14(17-19-13)12-3-2-6-20-12/h2-3,6,10-11H,4-5,7-9,15H2,1H3. The SMILES string of the molecule is CC1CCC(CN)CN1Cc1nc(-c2cccs2)no1. The Morgan fingerprint density at radius 1 is 1.50 bits per heavy atom. The second kappa shape index (κ2) is 6.03. The fraction of sp³-hybridized carbons (Fsp3) is 0.571. The molecule has 2 aromatic rings. The fourth-order valence-electron chi connectivity index (χ4n) is 2.67. The first-order chi connectivity index (χ1) is 9.76. The Hall–Kier alpha value is -1.24. The summed E-state index contributed by atoms with van der Waals surface area (Å²) in [5.74, 6) is 1.97. The van der Waals surface area contributed by atoms with Crippen molar-refractivity contribution < 1.29 is 4.52 Å². The van der Waals surface area contributed by atoms with Crippen molar-refractivity contribution in [3.8, 4) is 10.7 Å². The molecule has 1 saturated heterocycles. The maximum absolute atomic E-state index is 5.80. The number of nitrogens with two attached hydrogens (primary N) is 1. The Balaban J connectivity index is 1.68. The largest absolute Gasteiger partial charge is 0.338 e. The van der Waals surface area contributed by atoms with Crippen LogP contribution in [0.2, 0.25) is 0 Å². The van der Waals surface area contributed by atoms with E-state index in [2.05, 4.69) is 22.0 Å². The number of nitrogens with zero attached hydrogens (tertiary/aromatic N) is 3. The molecule has 0 aliphatic carbocycles. The van der Waals surface area contributed by atoms with E-state index >= 15 is 0 Å². The van der Waals surface area contributed by atoms with E-state index < -0.39 is 0 Å². The van der Waals surface area contributed by atoms with Crippen molar-refractivity contribution in [2.75, 3.05) is 13.1 Å². The van der Waals surface area contributed by atoms with Crippen molar-refractivity contribution in [1.82, 2.24) is 15.0 Å². The lowest BCUT2D eigenvalue weighted by Gasteiger charge is -2.36. The van der Waals surface area contributed by atoms with Gasteiger partial charge in [-0.05, 0) is 43.7 Å². The molecule has 0 radical (unpaired) electrons. The van der Waals surface area contributed by atoms with Gasteiger partial charge >= 0.3 is 0 Å². The maximum Gasteiger partial charge on any atom is 0.241 e. The van der Waals surface area contributed by atoms with Gasteiger partial charge in [0.15, 0.2) is 0 Å². The highest BCUT2D eigenvalue weighted by atomic mass is 32.1. The smallest absolute Gasteiger partial charge is 0.241 e. The minimum Gasteiger partial charge on any atom is -0.338 e. The van der Waals surface area contributed by atoms with Crippen molar-refractivity contribution >= 4 is 11.3 Å². The van der Waals surface area contributed by atoms with Gasteiger partial charge in [0.2, 0.25) is 11.7 Å². The third-order valence-corrected chi connectivity index (χ3v) is 4.86. The molecule has 2 unspecified atom stereocenters. The van der Waals surface area contributed by atoms with Crippen LogP contribution in [0.15, 0.2) is 22.0 Å². The van der Waals surface area contributed by atoms with Crippen molar-refractivity contribution in [1.29, 1.82) is 0 Å². The molecule has 5 nitrogen and oxygen atoms in total. The summed E-state index contributed by atoms with van der Waals surface area (Å²) >= 11 is 1.62. The van der Waals surface area contributed by atoms with Crippen molar-refractivity contribution in [3.63, 3.8) is 0 Å². The van der Waals surface area contributed by atoms with E-state index in [-0.39, 0.29) is 0 Å². The van der Waals surface area contributed by atoms with Gasteiger partial charge in [0.1, 0.15) is 0 Å². The van der Waals surface area contributed by atoms with E-state index in [1.807, 2.05) is 17.5 Å². The molecule has 0 saturated carbocycles. The second-order valence-electron chi connectivity index (χ2n) is 5.45. The van der Waals surface area contributed by atoms with Crippen LogP contribution in [-0.4, -0.2) is 34.2 Å². The fourth-order valence-corrected chi connectivity index (χ4v) is 3.32. The molecule has 0 bridgehead atoms. The minimum atomic E-state index is 0.551. The lowest BCUT2D eigenvalue weighted by Crippen LogP contribution is -2.43. The van der Waals surface area contributed by atoms with E-state index in [0.29, 0.717) is 23.7 Å². The van der Waals surface area contributed by atoms with Gasteiger partial charge in [-0.15, -0.1) is 11.3 Å². The number of rotatable bonds is 4. The molecule has 20 heavy (non-hydrogen) atoms. The van der Waals surface area contributed by atoms with Crippen LogP contribution in [0.5, 0.6) is 0 Å². The maximum atomic E-state index is 5.80. The molecule has 1 aliphatic heterocycles. The van der Waals surface area contributed by atoms with Crippen molar-refractivity contribution in [2.45, 2.75) is 32.4 Å². The van der Waals surface area contributed by atoms with Gasteiger partial charge in [-0.2, -0.15) is 4.98 Å². The molecule has 1 fully saturated rings. The van der Waals surface area contributed by atoms with Crippen LogP contribution in [0.25, 0.3) is 10.7 Å². The van der Waals surface area contributed by atoms with E-state index in [9.17, 15) is 0 Å². The lowest BCUT2D eigenvalue weighted by atomic mass is 9.93. The Morgan fingerprint density at radius 2 is 2.40 bits per heavy atom. The van der Waals surface area contributed by atoms with Crippen molar-refractivity contribution in [2.24, 2.45) is 11.7 Å². The minimum absolute atomic E-state index is 0.551. The summed E-state index contributed by atoms with van der Waals surface area (Å²) in [5.41, 5.74) is 5.80. The summed E-state index contributed by atoms with van der Waals surface area (Å²) in [7, 11) is 0. The van der Waals surface area contributed by atoms with Gasteiger partial charge in [0.05, 0.1) is 11.4 Å². The summed E-state index contributed by atoms with van der Waals surface area (Å²) in [5, 5.41) is 6.08. The van der Waals surface area contributed by atoms with E-state index in [1.54, 1.807) is 11.3 Å². The first kappa shape index (κ1) is 13.7. The second-order valence-corrected chi connectivity index (χ2v) is 6.39. The number of likely N-dealkylation sites (tertiary alicyclic amines) is 1. The van der Waals surface area contributed by atoms with Gasteiger partial charge in [-0.25, -0.2) is 0 Å². The Bertz CT molecular complexity index is 539. The van der Waals surface area contributed by atoms with Crippen LogP contribution < -0.4 is 5.73 Å². The van der Waals surface area contributed by atoms with Gasteiger partial charge in [0, 0.05) is 12.6 Å². The molecule has 0 aromatic carbocycles. The van der Waals surface area contributed by atoms with E-state index in [4.69, 9.17) is 10.3 Å². The average molecular weight is 292 g/mol. The molecule has 2 N–H and O–H groups in total. The van der Waals surface area contributed by atoms with Crippen LogP contribution in [0, 0.1) is 5.92 Å². The Kier molecular flexibility index (Phi) is 4.14. The number of thiophene rings is 1. The Morgan fingerprint density at radius 3 is 3.15 bits per heavy atom. The number of piperidine rings is 1. The molecular formula is C14H20N4OS. The molecule has 2 aromatic heterocycles. The highest BCUT2D eigenvalue weighted by Gasteiger charge is 2.26. The summed E-state index contributed by atoms with van der Waals surface area (Å²) in [6.07, 6.45) is 2.41. The molecule has 3 heterocycles. The lowest BCUT2D eigenvalue weighted by molar-refractivity contribution is 0.100. The molecule has 6 heteroatoms.